The summed E-state index contributed by atoms with van der Waals surface area (Å²) in [5.41, 5.74) is 7.57. The van der Waals surface area contributed by atoms with Crippen molar-refractivity contribution in [2.24, 2.45) is 11.7 Å². The monoisotopic (exact) mass is 537 g/mol. The molecular weight excluding hydrogens is 498 g/mol. The highest BCUT2D eigenvalue weighted by atomic mass is 16.5. The molecule has 210 valence electrons. The summed E-state index contributed by atoms with van der Waals surface area (Å²) < 4.78 is 11.7. The van der Waals surface area contributed by atoms with Crippen LogP contribution in [0, 0.1) is 5.92 Å². The SMILES string of the molecule is CC1C(=O)NC(Cc2ccc(CN)cc2)C(=O)NCCOc2cccc(c2)OCCNC(C2CC2)C(=O)N1C. The van der Waals surface area contributed by atoms with Crippen molar-refractivity contribution < 1.29 is 23.9 Å². The Kier molecular flexibility index (Phi) is 9.78. The number of nitrogens with zero attached hydrogens (tertiary/aromatic N) is 1. The van der Waals surface area contributed by atoms with Crippen LogP contribution in [0.4, 0.5) is 0 Å². The molecule has 3 atom stereocenters. The summed E-state index contributed by atoms with van der Waals surface area (Å²) in [6, 6.07) is 12.9. The van der Waals surface area contributed by atoms with E-state index in [2.05, 4.69) is 16.0 Å². The minimum atomic E-state index is -0.830. The molecule has 5 N–H and O–H groups in total. The van der Waals surface area contributed by atoms with Crippen molar-refractivity contribution in [1.82, 2.24) is 20.9 Å². The number of likely N-dealkylation sites (N-methyl/N-ethyl adjacent to an activating group) is 1. The fraction of sp³-hybridized carbons (Fsp3) is 0.483. The summed E-state index contributed by atoms with van der Waals surface area (Å²) >= 11 is 0. The van der Waals surface area contributed by atoms with Crippen LogP contribution in [0.15, 0.2) is 48.5 Å². The van der Waals surface area contributed by atoms with E-state index in [9.17, 15) is 14.4 Å². The maximum absolute atomic E-state index is 13.4. The number of fused-ring (bicyclic) bond motifs is 2. The smallest absolute Gasteiger partial charge is 0.243 e. The first-order valence-corrected chi connectivity index (χ1v) is 13.6. The van der Waals surface area contributed by atoms with Crippen molar-refractivity contribution in [2.45, 2.75) is 50.9 Å². The molecule has 4 rings (SSSR count). The number of carbonyl (C=O) groups excluding carboxylic acids is 3. The molecule has 1 aliphatic heterocycles. The molecule has 2 bridgehead atoms. The molecule has 1 heterocycles. The standard InChI is InChI=1S/C29H39N5O5/c1-19-27(35)33-25(16-20-6-8-21(18-30)9-7-20)28(36)32-13-15-39-24-5-3-4-23(17-24)38-14-12-31-26(22-10-11-22)29(37)34(19)2/h3-9,17,19,22,25-26,31H,10-16,18,30H2,1-2H3,(H,32,36)(H,33,35). The van der Waals surface area contributed by atoms with Crippen LogP contribution in [0.25, 0.3) is 0 Å². The predicted molar refractivity (Wildman–Crippen MR) is 147 cm³/mol. The first-order valence-electron chi connectivity index (χ1n) is 13.6. The summed E-state index contributed by atoms with van der Waals surface area (Å²) in [6.07, 6.45) is 2.21. The van der Waals surface area contributed by atoms with Crippen LogP contribution >= 0.6 is 0 Å². The van der Waals surface area contributed by atoms with Gasteiger partial charge in [0, 0.05) is 32.6 Å². The van der Waals surface area contributed by atoms with Crippen LogP contribution in [0.2, 0.25) is 0 Å². The lowest BCUT2D eigenvalue weighted by Gasteiger charge is -2.30. The number of carbonyl (C=O) groups is 3. The van der Waals surface area contributed by atoms with E-state index < -0.39 is 24.0 Å². The van der Waals surface area contributed by atoms with Gasteiger partial charge < -0.3 is 36.1 Å². The third-order valence-corrected chi connectivity index (χ3v) is 7.21. The van der Waals surface area contributed by atoms with Crippen molar-refractivity contribution in [2.75, 3.05) is 33.4 Å². The molecule has 3 amide bonds. The molecule has 0 saturated heterocycles. The van der Waals surface area contributed by atoms with Gasteiger partial charge in [-0.3, -0.25) is 14.4 Å². The van der Waals surface area contributed by atoms with Gasteiger partial charge in [0.25, 0.3) is 0 Å². The molecule has 0 aromatic heterocycles. The van der Waals surface area contributed by atoms with Crippen molar-refractivity contribution in [3.63, 3.8) is 0 Å². The molecule has 2 aromatic rings. The highest BCUT2D eigenvalue weighted by molar-refractivity contribution is 5.93. The van der Waals surface area contributed by atoms with Crippen LogP contribution in [-0.4, -0.2) is 74.1 Å². The minimum absolute atomic E-state index is 0.146. The summed E-state index contributed by atoms with van der Waals surface area (Å²) in [5, 5.41) is 9.06. The largest absolute Gasteiger partial charge is 0.492 e. The first-order chi connectivity index (χ1) is 18.9. The Morgan fingerprint density at radius 1 is 0.923 bits per heavy atom. The lowest BCUT2D eigenvalue weighted by Crippen LogP contribution is -2.57. The summed E-state index contributed by atoms with van der Waals surface area (Å²) in [6.45, 7) is 3.46. The van der Waals surface area contributed by atoms with E-state index in [1.807, 2.05) is 42.5 Å². The summed E-state index contributed by atoms with van der Waals surface area (Å²) in [4.78, 5) is 41.3. The van der Waals surface area contributed by atoms with Gasteiger partial charge in [-0.05, 0) is 48.9 Å². The molecule has 3 unspecified atom stereocenters. The molecule has 2 aliphatic rings. The summed E-state index contributed by atoms with van der Waals surface area (Å²) in [7, 11) is 1.63. The van der Waals surface area contributed by atoms with Crippen molar-refractivity contribution >= 4 is 17.7 Å². The Bertz CT molecular complexity index is 1140. The molecule has 10 nitrogen and oxygen atoms in total. The van der Waals surface area contributed by atoms with Crippen molar-refractivity contribution in [3.05, 3.63) is 59.7 Å². The van der Waals surface area contributed by atoms with Gasteiger partial charge in [-0.2, -0.15) is 0 Å². The van der Waals surface area contributed by atoms with Gasteiger partial charge in [-0.1, -0.05) is 30.3 Å². The van der Waals surface area contributed by atoms with Crippen LogP contribution < -0.4 is 31.2 Å². The van der Waals surface area contributed by atoms with E-state index in [0.717, 1.165) is 24.0 Å². The first kappa shape index (κ1) is 28.4. The highest BCUT2D eigenvalue weighted by Gasteiger charge is 2.39. The number of rotatable bonds is 4. The third kappa shape index (κ3) is 7.93. The molecule has 2 aromatic carbocycles. The number of hydrogen-bond acceptors (Lipinski definition) is 7. The van der Waals surface area contributed by atoms with Gasteiger partial charge in [0.1, 0.15) is 36.8 Å². The van der Waals surface area contributed by atoms with E-state index in [1.54, 1.807) is 20.0 Å². The Labute approximate surface area is 229 Å². The molecule has 1 aliphatic carbocycles. The molecule has 1 saturated carbocycles. The number of amides is 3. The van der Waals surface area contributed by atoms with E-state index in [1.165, 1.54) is 4.90 Å². The zero-order chi connectivity index (χ0) is 27.8. The normalized spacial score (nSPS) is 23.8. The van der Waals surface area contributed by atoms with Crippen LogP contribution in [0.3, 0.4) is 0 Å². The molecule has 1 fully saturated rings. The second kappa shape index (κ2) is 13.4. The third-order valence-electron chi connectivity index (χ3n) is 7.21. The number of benzene rings is 2. The average Bonchev–Trinajstić information content (AvgIpc) is 3.79. The van der Waals surface area contributed by atoms with E-state index in [0.29, 0.717) is 37.6 Å². The molecule has 39 heavy (non-hydrogen) atoms. The zero-order valence-electron chi connectivity index (χ0n) is 22.7. The van der Waals surface area contributed by atoms with E-state index in [-0.39, 0.29) is 30.9 Å². The Balaban J connectivity index is 1.53. The number of nitrogens with one attached hydrogen (secondary N) is 3. The molecule has 0 radical (unpaired) electrons. The summed E-state index contributed by atoms with van der Waals surface area (Å²) in [5.74, 6) is 0.643. The van der Waals surface area contributed by atoms with Gasteiger partial charge in [0.05, 0.1) is 12.6 Å². The quantitative estimate of drug-likeness (QED) is 0.457. The van der Waals surface area contributed by atoms with Gasteiger partial charge in [-0.25, -0.2) is 0 Å². The topological polar surface area (TPSA) is 135 Å². The maximum atomic E-state index is 13.4. The molecule has 10 heteroatoms. The van der Waals surface area contributed by atoms with Gasteiger partial charge in [-0.15, -0.1) is 0 Å². The number of hydrogen-bond donors (Lipinski definition) is 4. The Morgan fingerprint density at radius 2 is 1.56 bits per heavy atom. The van der Waals surface area contributed by atoms with Crippen LogP contribution in [0.1, 0.15) is 30.9 Å². The highest BCUT2D eigenvalue weighted by Crippen LogP contribution is 2.33. The number of ether oxygens (including phenoxy) is 2. The average molecular weight is 538 g/mol. The fourth-order valence-corrected chi connectivity index (χ4v) is 4.52. The predicted octanol–water partition coefficient (Wildman–Crippen LogP) is 0.975. The Hall–Kier alpha value is -3.63. The fourth-order valence-electron chi connectivity index (χ4n) is 4.52. The minimum Gasteiger partial charge on any atom is -0.492 e. The van der Waals surface area contributed by atoms with Gasteiger partial charge >= 0.3 is 0 Å². The molecule has 0 spiro atoms. The Morgan fingerprint density at radius 3 is 2.21 bits per heavy atom. The van der Waals surface area contributed by atoms with Crippen molar-refractivity contribution in [1.29, 1.82) is 0 Å². The molecular formula is C29H39N5O5. The van der Waals surface area contributed by atoms with E-state index in [4.69, 9.17) is 15.2 Å². The van der Waals surface area contributed by atoms with Gasteiger partial charge in [0.15, 0.2) is 0 Å². The van der Waals surface area contributed by atoms with Crippen molar-refractivity contribution in [3.8, 4) is 11.5 Å². The maximum Gasteiger partial charge on any atom is 0.243 e. The van der Waals surface area contributed by atoms with Crippen LogP contribution in [0.5, 0.6) is 11.5 Å². The number of nitrogens with two attached hydrogens (primary N) is 1. The lowest BCUT2D eigenvalue weighted by molar-refractivity contribution is -0.141. The lowest BCUT2D eigenvalue weighted by atomic mass is 10.0. The zero-order valence-corrected chi connectivity index (χ0v) is 22.7. The second-order valence-corrected chi connectivity index (χ2v) is 10.1. The second-order valence-electron chi connectivity index (χ2n) is 10.1. The van der Waals surface area contributed by atoms with Crippen LogP contribution in [-0.2, 0) is 27.3 Å². The van der Waals surface area contributed by atoms with Gasteiger partial charge in [0.2, 0.25) is 17.7 Å². The van der Waals surface area contributed by atoms with E-state index >= 15 is 0 Å².